The third-order valence-corrected chi connectivity index (χ3v) is 5.52. The van der Waals surface area contributed by atoms with Gasteiger partial charge in [-0.15, -0.1) is 5.10 Å². The fraction of sp³-hybridized carbons (Fsp3) is 0.0769. The Labute approximate surface area is 195 Å². The average molecular weight is 451 g/mol. The molecule has 0 bridgehead atoms. The fourth-order valence-electron chi connectivity index (χ4n) is 3.88. The van der Waals surface area contributed by atoms with E-state index in [9.17, 15) is 9.59 Å². The van der Waals surface area contributed by atoms with Crippen molar-refractivity contribution in [2.45, 2.75) is 13.3 Å². The lowest BCUT2D eigenvalue weighted by atomic mass is 10.1. The fourth-order valence-corrected chi connectivity index (χ4v) is 3.88. The van der Waals surface area contributed by atoms with Gasteiger partial charge >= 0.3 is 5.91 Å². The van der Waals surface area contributed by atoms with E-state index < -0.39 is 5.91 Å². The van der Waals surface area contributed by atoms with Crippen LogP contribution in [0.15, 0.2) is 84.9 Å². The zero-order valence-corrected chi connectivity index (χ0v) is 18.4. The van der Waals surface area contributed by atoms with E-state index in [1.165, 1.54) is 0 Å². The minimum Gasteiger partial charge on any atom is -0.358 e. The number of nitrogens with zero attached hydrogens (tertiary/aromatic N) is 3. The van der Waals surface area contributed by atoms with Crippen LogP contribution in [0.2, 0.25) is 0 Å². The smallest absolute Gasteiger partial charge is 0.309 e. The minimum absolute atomic E-state index is 0.0497. The molecule has 168 valence electrons. The molecular formula is C26H22N6O2. The van der Waals surface area contributed by atoms with Crippen molar-refractivity contribution in [2.75, 3.05) is 0 Å². The van der Waals surface area contributed by atoms with Crippen molar-refractivity contribution in [1.82, 2.24) is 30.6 Å². The van der Waals surface area contributed by atoms with Crippen LogP contribution in [0.4, 0.5) is 0 Å². The number of fused-ring (bicyclic) bond motifs is 1. The monoisotopic (exact) mass is 450 g/mol. The zero-order chi connectivity index (χ0) is 23.5. The number of carbonyl (C=O) groups excluding carboxylic acids is 2. The Bertz CT molecular complexity index is 1410. The van der Waals surface area contributed by atoms with Gasteiger partial charge in [0.05, 0.1) is 12.1 Å². The van der Waals surface area contributed by atoms with Crippen LogP contribution in [0, 0.1) is 6.92 Å². The summed E-state index contributed by atoms with van der Waals surface area (Å²) in [5.74, 6) is -0.466. The first-order valence-electron chi connectivity index (χ1n) is 10.8. The molecule has 0 radical (unpaired) electrons. The van der Waals surface area contributed by atoms with Crippen molar-refractivity contribution in [2.24, 2.45) is 0 Å². The van der Waals surface area contributed by atoms with Crippen LogP contribution < -0.4 is 10.9 Å². The van der Waals surface area contributed by atoms with Gasteiger partial charge in [-0.25, -0.2) is 9.67 Å². The van der Waals surface area contributed by atoms with Gasteiger partial charge in [0.15, 0.2) is 5.82 Å². The molecule has 3 N–H and O–H groups in total. The van der Waals surface area contributed by atoms with E-state index in [0.29, 0.717) is 5.82 Å². The quantitative estimate of drug-likeness (QED) is 0.355. The first-order valence-corrected chi connectivity index (χ1v) is 10.8. The molecule has 34 heavy (non-hydrogen) atoms. The van der Waals surface area contributed by atoms with Crippen LogP contribution in [0.25, 0.3) is 28.0 Å². The second kappa shape index (κ2) is 9.03. The van der Waals surface area contributed by atoms with E-state index in [1.54, 1.807) is 4.68 Å². The van der Waals surface area contributed by atoms with Gasteiger partial charge in [0.25, 0.3) is 0 Å². The highest BCUT2D eigenvalue weighted by atomic mass is 16.2. The molecule has 0 aliphatic carbocycles. The number of hydrazine groups is 1. The van der Waals surface area contributed by atoms with Gasteiger partial charge in [0, 0.05) is 22.2 Å². The third-order valence-electron chi connectivity index (χ3n) is 5.52. The molecule has 5 aromatic rings. The molecule has 0 saturated heterocycles. The van der Waals surface area contributed by atoms with Gasteiger partial charge in [-0.3, -0.25) is 20.4 Å². The maximum atomic E-state index is 12.8. The first kappa shape index (κ1) is 21.1. The summed E-state index contributed by atoms with van der Waals surface area (Å²) in [7, 11) is 0. The van der Waals surface area contributed by atoms with Gasteiger partial charge in [-0.05, 0) is 30.7 Å². The minimum atomic E-state index is -0.601. The molecular weight excluding hydrogens is 428 g/mol. The molecule has 3 aromatic carbocycles. The Morgan fingerprint density at radius 1 is 0.882 bits per heavy atom. The van der Waals surface area contributed by atoms with Crippen LogP contribution in [-0.4, -0.2) is 31.6 Å². The van der Waals surface area contributed by atoms with E-state index in [2.05, 4.69) is 25.9 Å². The highest BCUT2D eigenvalue weighted by Gasteiger charge is 2.20. The SMILES string of the molecule is Cc1[nH]c2ccccc2c1CC(=O)NNC(=O)c1nc(-c2ccccc2)n(-c2ccccc2)n1. The molecule has 5 rings (SSSR count). The Balaban J connectivity index is 1.34. The largest absolute Gasteiger partial charge is 0.358 e. The molecule has 2 amide bonds. The topological polar surface area (TPSA) is 105 Å². The molecule has 0 aliphatic heterocycles. The molecule has 2 aromatic heterocycles. The summed E-state index contributed by atoms with van der Waals surface area (Å²) in [6, 6.07) is 26.7. The normalized spacial score (nSPS) is 10.9. The van der Waals surface area contributed by atoms with E-state index in [-0.39, 0.29) is 18.2 Å². The van der Waals surface area contributed by atoms with Gasteiger partial charge in [0.1, 0.15) is 0 Å². The Kier molecular flexibility index (Phi) is 5.61. The number of aromatic nitrogens is 4. The molecule has 0 spiro atoms. The van der Waals surface area contributed by atoms with Crippen molar-refractivity contribution in [3.8, 4) is 17.1 Å². The highest BCUT2D eigenvalue weighted by Crippen LogP contribution is 2.22. The highest BCUT2D eigenvalue weighted by molar-refractivity contribution is 5.94. The van der Waals surface area contributed by atoms with Gasteiger partial charge in [0.2, 0.25) is 11.7 Å². The maximum absolute atomic E-state index is 12.8. The number of amides is 2. The van der Waals surface area contributed by atoms with E-state index in [4.69, 9.17) is 0 Å². The van der Waals surface area contributed by atoms with Gasteiger partial charge in [-0.1, -0.05) is 66.7 Å². The molecule has 0 saturated carbocycles. The number of aryl methyl sites for hydroxylation is 1. The van der Waals surface area contributed by atoms with Crippen LogP contribution in [0.3, 0.4) is 0 Å². The second-order valence-corrected chi connectivity index (χ2v) is 7.83. The summed E-state index contributed by atoms with van der Waals surface area (Å²) in [5.41, 5.74) is 9.27. The molecule has 8 heteroatoms. The summed E-state index contributed by atoms with van der Waals surface area (Å²) in [6.45, 7) is 1.92. The molecule has 0 fully saturated rings. The predicted octanol–water partition coefficient (Wildman–Crippen LogP) is 3.73. The predicted molar refractivity (Wildman–Crippen MR) is 129 cm³/mol. The summed E-state index contributed by atoms with van der Waals surface area (Å²) in [5, 5.41) is 5.39. The number of hydrogen-bond donors (Lipinski definition) is 3. The van der Waals surface area contributed by atoms with E-state index in [1.807, 2.05) is 91.9 Å². The Hall–Kier alpha value is -4.72. The molecule has 2 heterocycles. The molecule has 8 nitrogen and oxygen atoms in total. The van der Waals surface area contributed by atoms with E-state index in [0.717, 1.165) is 33.4 Å². The number of nitrogens with one attached hydrogen (secondary N) is 3. The first-order chi connectivity index (χ1) is 16.6. The lowest BCUT2D eigenvalue weighted by molar-refractivity contribution is -0.121. The zero-order valence-electron chi connectivity index (χ0n) is 18.4. The summed E-state index contributed by atoms with van der Waals surface area (Å²) < 4.78 is 1.61. The summed E-state index contributed by atoms with van der Waals surface area (Å²) in [4.78, 5) is 33.1. The lowest BCUT2D eigenvalue weighted by Gasteiger charge is -2.06. The third kappa shape index (κ3) is 4.16. The van der Waals surface area contributed by atoms with Crippen molar-refractivity contribution >= 4 is 22.7 Å². The number of H-pyrrole nitrogens is 1. The molecule has 0 unspecified atom stereocenters. The molecule has 0 aliphatic rings. The summed E-state index contributed by atoms with van der Waals surface area (Å²) >= 11 is 0. The van der Waals surface area contributed by atoms with Crippen molar-refractivity contribution in [1.29, 1.82) is 0 Å². The van der Waals surface area contributed by atoms with Crippen LogP contribution >= 0.6 is 0 Å². The maximum Gasteiger partial charge on any atom is 0.309 e. The van der Waals surface area contributed by atoms with E-state index >= 15 is 0 Å². The number of hydrogen-bond acceptors (Lipinski definition) is 4. The number of carbonyl (C=O) groups is 2. The Morgan fingerprint density at radius 3 is 2.32 bits per heavy atom. The number of para-hydroxylation sites is 2. The van der Waals surface area contributed by atoms with Crippen molar-refractivity contribution in [3.05, 3.63) is 102 Å². The van der Waals surface area contributed by atoms with Gasteiger partial charge < -0.3 is 4.98 Å². The van der Waals surface area contributed by atoms with Crippen LogP contribution in [0.1, 0.15) is 21.9 Å². The number of rotatable bonds is 5. The summed E-state index contributed by atoms with van der Waals surface area (Å²) in [6.07, 6.45) is 0.122. The lowest BCUT2D eigenvalue weighted by Crippen LogP contribution is -2.42. The Morgan fingerprint density at radius 2 is 1.56 bits per heavy atom. The number of benzene rings is 3. The standard InChI is InChI=1S/C26H22N6O2/c1-17-21(20-14-8-9-15-22(20)27-17)16-23(33)29-30-26(34)24-28-25(18-10-4-2-5-11-18)32(31-24)19-12-6-3-7-13-19/h2-15,27H,16H2,1H3,(H,29,33)(H,30,34). The van der Waals surface area contributed by atoms with Crippen molar-refractivity contribution < 1.29 is 9.59 Å². The second-order valence-electron chi connectivity index (χ2n) is 7.83. The molecule has 0 atom stereocenters. The van der Waals surface area contributed by atoms with Gasteiger partial charge in [-0.2, -0.15) is 0 Å². The van der Waals surface area contributed by atoms with Crippen LogP contribution in [0.5, 0.6) is 0 Å². The average Bonchev–Trinajstić information content (AvgIpc) is 3.45. The number of aromatic amines is 1. The van der Waals surface area contributed by atoms with Crippen LogP contribution in [-0.2, 0) is 11.2 Å². The van der Waals surface area contributed by atoms with Crippen molar-refractivity contribution in [3.63, 3.8) is 0 Å².